The van der Waals surface area contributed by atoms with E-state index in [0.29, 0.717) is 6.41 Å². The van der Waals surface area contributed by atoms with E-state index in [4.69, 9.17) is 11.5 Å². The molecule has 0 saturated carbocycles. The molecule has 0 aliphatic carbocycles. The third kappa shape index (κ3) is 1.72. The van der Waals surface area contributed by atoms with Gasteiger partial charge in [-0.15, -0.1) is 0 Å². The number of carbonyl (C=O) groups excluding carboxylic acids is 1. The van der Waals surface area contributed by atoms with Gasteiger partial charge in [-0.05, 0) is 0 Å². The molecule has 1 aromatic heterocycles. The molecule has 1 heterocycles. The minimum atomic E-state index is 0.0472. The largest absolute Gasteiger partial charge is 0.380 e. The normalized spacial score (nSPS) is 9.00. The van der Waals surface area contributed by atoms with Crippen LogP contribution in [0.2, 0.25) is 0 Å². The second kappa shape index (κ2) is 3.37. The minimum absolute atomic E-state index is 0.0472. The van der Waals surface area contributed by atoms with Crippen molar-refractivity contribution >= 4 is 18.2 Å². The first-order valence-corrected chi connectivity index (χ1v) is 2.98. The van der Waals surface area contributed by atoms with Crippen LogP contribution in [-0.2, 0) is 4.79 Å². The zero-order chi connectivity index (χ0) is 8.97. The Hall–Kier alpha value is -2.05. The molecule has 1 rings (SSSR count). The van der Waals surface area contributed by atoms with Crippen LogP contribution >= 0.6 is 0 Å². The molecule has 1 aromatic rings. The summed E-state index contributed by atoms with van der Waals surface area (Å²) < 4.78 is 0. The maximum Gasteiger partial charge on any atom is 0.239 e. The van der Waals surface area contributed by atoms with Crippen molar-refractivity contribution in [2.24, 2.45) is 0 Å². The SMILES string of the molecule is Nc1ncc(ONC=O)c(N)n1. The van der Waals surface area contributed by atoms with Crippen molar-refractivity contribution in [3.05, 3.63) is 6.20 Å². The van der Waals surface area contributed by atoms with E-state index >= 15 is 0 Å². The van der Waals surface area contributed by atoms with E-state index in [0.717, 1.165) is 0 Å². The number of nitrogen functional groups attached to an aromatic ring is 2. The monoisotopic (exact) mass is 169 g/mol. The second-order valence-corrected chi connectivity index (χ2v) is 1.82. The highest BCUT2D eigenvalue weighted by Gasteiger charge is 2.02. The molecule has 0 aliphatic heterocycles. The van der Waals surface area contributed by atoms with Crippen LogP contribution in [0.1, 0.15) is 0 Å². The Balaban J connectivity index is 2.78. The average molecular weight is 169 g/mol. The number of nitrogens with zero attached hydrogens (tertiary/aromatic N) is 2. The van der Waals surface area contributed by atoms with Crippen molar-refractivity contribution in [2.75, 3.05) is 11.5 Å². The molecule has 7 nitrogen and oxygen atoms in total. The van der Waals surface area contributed by atoms with Crippen LogP contribution < -0.4 is 21.8 Å². The Bertz CT molecular complexity index is 289. The van der Waals surface area contributed by atoms with Gasteiger partial charge in [0.05, 0.1) is 6.20 Å². The van der Waals surface area contributed by atoms with Crippen LogP contribution in [0, 0.1) is 0 Å². The maximum atomic E-state index is 9.81. The Morgan fingerprint density at radius 3 is 2.92 bits per heavy atom. The van der Waals surface area contributed by atoms with Crippen LogP contribution in [0.4, 0.5) is 11.8 Å². The van der Waals surface area contributed by atoms with Crippen molar-refractivity contribution in [3.8, 4) is 5.75 Å². The minimum Gasteiger partial charge on any atom is -0.380 e. The summed E-state index contributed by atoms with van der Waals surface area (Å²) >= 11 is 0. The molecule has 12 heavy (non-hydrogen) atoms. The molecular formula is C5H7N5O2. The molecule has 64 valence electrons. The Morgan fingerprint density at radius 1 is 1.58 bits per heavy atom. The Kier molecular flexibility index (Phi) is 2.26. The van der Waals surface area contributed by atoms with E-state index in [-0.39, 0.29) is 17.5 Å². The lowest BCUT2D eigenvalue weighted by Crippen LogP contribution is -2.17. The molecule has 1 amide bonds. The van der Waals surface area contributed by atoms with Gasteiger partial charge in [-0.3, -0.25) is 4.79 Å². The summed E-state index contributed by atoms with van der Waals surface area (Å²) in [4.78, 5) is 21.6. The molecule has 0 radical (unpaired) electrons. The fourth-order valence-electron chi connectivity index (χ4n) is 0.564. The summed E-state index contributed by atoms with van der Waals surface area (Å²) in [6.45, 7) is 0. The van der Waals surface area contributed by atoms with Crippen LogP contribution in [0.3, 0.4) is 0 Å². The summed E-state index contributed by atoms with van der Waals surface area (Å²) in [7, 11) is 0. The Labute approximate surface area is 67.7 Å². The average Bonchev–Trinajstić information content (AvgIpc) is 2.03. The zero-order valence-electron chi connectivity index (χ0n) is 6.02. The van der Waals surface area contributed by atoms with Crippen molar-refractivity contribution in [1.82, 2.24) is 15.4 Å². The quantitative estimate of drug-likeness (QED) is 0.381. The van der Waals surface area contributed by atoms with Gasteiger partial charge in [0.15, 0.2) is 5.82 Å². The highest BCUT2D eigenvalue weighted by Crippen LogP contribution is 2.15. The number of hydroxylamine groups is 1. The molecule has 7 heteroatoms. The number of rotatable bonds is 3. The molecule has 0 saturated heterocycles. The lowest BCUT2D eigenvalue weighted by molar-refractivity contribution is -0.115. The summed E-state index contributed by atoms with van der Waals surface area (Å²) in [5.41, 5.74) is 12.5. The first-order valence-electron chi connectivity index (χ1n) is 2.98. The Morgan fingerprint density at radius 2 is 2.33 bits per heavy atom. The first kappa shape index (κ1) is 8.05. The fourth-order valence-corrected chi connectivity index (χ4v) is 0.564. The first-order chi connectivity index (χ1) is 5.74. The summed E-state index contributed by atoms with van der Waals surface area (Å²) in [6, 6.07) is 0. The number of aromatic nitrogens is 2. The molecule has 0 aromatic carbocycles. The number of carbonyl (C=O) groups is 1. The van der Waals surface area contributed by atoms with Gasteiger partial charge in [0.25, 0.3) is 0 Å². The number of nitrogens with two attached hydrogens (primary N) is 2. The van der Waals surface area contributed by atoms with Gasteiger partial charge in [-0.25, -0.2) is 4.98 Å². The van der Waals surface area contributed by atoms with Gasteiger partial charge in [-0.2, -0.15) is 10.5 Å². The van der Waals surface area contributed by atoms with E-state index < -0.39 is 0 Å². The van der Waals surface area contributed by atoms with Crippen LogP contribution in [0.15, 0.2) is 6.20 Å². The standard InChI is InChI=1S/C5H7N5O2/c6-4-3(12-9-2-11)1-8-5(7)10-4/h1-2H,(H,9,11)(H4,6,7,8,10). The predicted octanol–water partition coefficient (Wildman–Crippen LogP) is -1.32. The summed E-state index contributed by atoms with van der Waals surface area (Å²) in [6.07, 6.45) is 1.62. The van der Waals surface area contributed by atoms with Gasteiger partial charge in [0.2, 0.25) is 18.1 Å². The van der Waals surface area contributed by atoms with Gasteiger partial charge in [0, 0.05) is 0 Å². The third-order valence-electron chi connectivity index (χ3n) is 1.02. The number of anilines is 2. The lowest BCUT2D eigenvalue weighted by atomic mass is 10.5. The number of hydrogen-bond acceptors (Lipinski definition) is 6. The van der Waals surface area contributed by atoms with Crippen molar-refractivity contribution < 1.29 is 9.63 Å². The smallest absolute Gasteiger partial charge is 0.239 e. The molecule has 0 atom stereocenters. The highest BCUT2D eigenvalue weighted by molar-refractivity contribution is 5.49. The van der Waals surface area contributed by atoms with Crippen LogP contribution in [-0.4, -0.2) is 16.4 Å². The van der Waals surface area contributed by atoms with Gasteiger partial charge >= 0.3 is 0 Å². The topological polar surface area (TPSA) is 116 Å². The van der Waals surface area contributed by atoms with E-state index in [1.165, 1.54) is 6.20 Å². The second-order valence-electron chi connectivity index (χ2n) is 1.82. The van der Waals surface area contributed by atoms with Gasteiger partial charge in [0.1, 0.15) is 0 Å². The molecule has 0 unspecified atom stereocenters. The molecule has 0 fully saturated rings. The van der Waals surface area contributed by atoms with Gasteiger partial charge < -0.3 is 16.3 Å². The number of nitrogens with one attached hydrogen (secondary N) is 1. The van der Waals surface area contributed by atoms with E-state index in [1.54, 1.807) is 0 Å². The molecular weight excluding hydrogens is 162 g/mol. The summed E-state index contributed by atoms with van der Waals surface area (Å²) in [5, 5.41) is 0. The van der Waals surface area contributed by atoms with E-state index in [1.807, 2.05) is 5.48 Å². The molecule has 0 aliphatic rings. The van der Waals surface area contributed by atoms with Crippen molar-refractivity contribution in [3.63, 3.8) is 0 Å². The zero-order valence-corrected chi connectivity index (χ0v) is 6.02. The van der Waals surface area contributed by atoms with E-state index in [9.17, 15) is 4.79 Å². The van der Waals surface area contributed by atoms with E-state index in [2.05, 4.69) is 14.8 Å². The third-order valence-corrected chi connectivity index (χ3v) is 1.02. The fraction of sp³-hybridized carbons (Fsp3) is 0. The molecule has 5 N–H and O–H groups in total. The maximum absolute atomic E-state index is 9.81. The van der Waals surface area contributed by atoms with Gasteiger partial charge in [-0.1, -0.05) is 0 Å². The van der Waals surface area contributed by atoms with Crippen molar-refractivity contribution in [2.45, 2.75) is 0 Å². The molecule has 0 bridgehead atoms. The predicted molar refractivity (Wildman–Crippen MR) is 40.7 cm³/mol. The molecule has 0 spiro atoms. The van der Waals surface area contributed by atoms with Crippen LogP contribution in [0.5, 0.6) is 5.75 Å². The highest BCUT2D eigenvalue weighted by atomic mass is 16.7. The van der Waals surface area contributed by atoms with Crippen molar-refractivity contribution in [1.29, 1.82) is 0 Å². The number of hydrogen-bond donors (Lipinski definition) is 3. The number of amides is 1. The lowest BCUT2D eigenvalue weighted by Gasteiger charge is -2.03. The summed E-state index contributed by atoms with van der Waals surface area (Å²) in [5.74, 6) is 0.263. The van der Waals surface area contributed by atoms with Crippen LogP contribution in [0.25, 0.3) is 0 Å².